The number of hydrogen-bond acceptors (Lipinski definition) is 4. The summed E-state index contributed by atoms with van der Waals surface area (Å²) in [5.74, 6) is 1.14. The SMILES string of the molecule is CCC(=O)N1CCC(Nc2cc(C(C)(C)C)ncn2)CC1. The molecule has 5 nitrogen and oxygen atoms in total. The second-order valence-electron chi connectivity index (χ2n) is 6.69. The fourth-order valence-corrected chi connectivity index (χ4v) is 2.55. The molecule has 2 heterocycles. The molecule has 0 radical (unpaired) electrons. The van der Waals surface area contributed by atoms with Crippen LogP contribution in [-0.2, 0) is 10.2 Å². The van der Waals surface area contributed by atoms with Gasteiger partial charge in [-0.15, -0.1) is 0 Å². The van der Waals surface area contributed by atoms with Crippen molar-refractivity contribution in [3.63, 3.8) is 0 Å². The molecule has 0 aromatic carbocycles. The average molecular weight is 290 g/mol. The topological polar surface area (TPSA) is 58.1 Å². The molecule has 5 heteroatoms. The minimum Gasteiger partial charge on any atom is -0.367 e. The van der Waals surface area contributed by atoms with Crippen LogP contribution in [0.15, 0.2) is 12.4 Å². The van der Waals surface area contributed by atoms with Crippen molar-refractivity contribution in [3.8, 4) is 0 Å². The third kappa shape index (κ3) is 4.16. The zero-order valence-electron chi connectivity index (χ0n) is 13.5. The van der Waals surface area contributed by atoms with Gasteiger partial charge in [-0.2, -0.15) is 0 Å². The average Bonchev–Trinajstić information content (AvgIpc) is 2.47. The highest BCUT2D eigenvalue weighted by Crippen LogP contribution is 2.22. The molecule has 1 aliphatic rings. The Morgan fingerprint density at radius 1 is 1.33 bits per heavy atom. The monoisotopic (exact) mass is 290 g/mol. The number of carbonyl (C=O) groups is 1. The summed E-state index contributed by atoms with van der Waals surface area (Å²) < 4.78 is 0. The van der Waals surface area contributed by atoms with Crippen molar-refractivity contribution in [2.45, 2.75) is 58.4 Å². The van der Waals surface area contributed by atoms with E-state index in [0.29, 0.717) is 12.5 Å². The number of anilines is 1. The molecular weight excluding hydrogens is 264 g/mol. The number of aromatic nitrogens is 2. The Labute approximate surface area is 127 Å². The predicted molar refractivity (Wildman–Crippen MR) is 84.2 cm³/mol. The first-order chi connectivity index (χ1) is 9.90. The van der Waals surface area contributed by atoms with Crippen LogP contribution in [0.5, 0.6) is 0 Å². The van der Waals surface area contributed by atoms with Gasteiger partial charge in [-0.1, -0.05) is 27.7 Å². The quantitative estimate of drug-likeness (QED) is 0.929. The molecule has 0 aliphatic carbocycles. The summed E-state index contributed by atoms with van der Waals surface area (Å²) in [5, 5.41) is 3.48. The molecule has 1 aromatic heterocycles. The van der Waals surface area contributed by atoms with Crippen molar-refractivity contribution < 1.29 is 4.79 Å². The van der Waals surface area contributed by atoms with Crippen LogP contribution in [-0.4, -0.2) is 39.9 Å². The molecule has 0 unspecified atom stereocenters. The van der Waals surface area contributed by atoms with Gasteiger partial charge in [0, 0.05) is 37.0 Å². The molecule has 0 saturated carbocycles. The zero-order valence-corrected chi connectivity index (χ0v) is 13.5. The van der Waals surface area contributed by atoms with E-state index in [1.165, 1.54) is 0 Å². The summed E-state index contributed by atoms with van der Waals surface area (Å²) >= 11 is 0. The van der Waals surface area contributed by atoms with Gasteiger partial charge in [0.25, 0.3) is 0 Å². The van der Waals surface area contributed by atoms with Crippen molar-refractivity contribution in [3.05, 3.63) is 18.1 Å². The lowest BCUT2D eigenvalue weighted by atomic mass is 9.92. The van der Waals surface area contributed by atoms with E-state index in [4.69, 9.17) is 0 Å². The maximum absolute atomic E-state index is 11.7. The van der Waals surface area contributed by atoms with Gasteiger partial charge in [-0.3, -0.25) is 4.79 Å². The smallest absolute Gasteiger partial charge is 0.222 e. The van der Waals surface area contributed by atoms with Gasteiger partial charge in [0.1, 0.15) is 12.1 Å². The Kier molecular flexibility index (Phi) is 4.80. The second-order valence-corrected chi connectivity index (χ2v) is 6.69. The molecule has 116 valence electrons. The number of hydrogen-bond donors (Lipinski definition) is 1. The molecule has 1 aliphatic heterocycles. The summed E-state index contributed by atoms with van der Waals surface area (Å²) in [7, 11) is 0. The highest BCUT2D eigenvalue weighted by molar-refractivity contribution is 5.75. The van der Waals surface area contributed by atoms with E-state index in [2.05, 4.69) is 36.1 Å². The van der Waals surface area contributed by atoms with Crippen LogP contribution in [0.4, 0.5) is 5.82 Å². The standard InChI is InChI=1S/C16H26N4O/c1-5-15(21)20-8-6-12(7-9-20)19-14-10-13(16(2,3)4)17-11-18-14/h10-12H,5-9H2,1-4H3,(H,17,18,19). The minimum absolute atomic E-state index is 0.0241. The minimum atomic E-state index is 0.0241. The summed E-state index contributed by atoms with van der Waals surface area (Å²) in [6, 6.07) is 2.41. The van der Waals surface area contributed by atoms with Gasteiger partial charge in [0.05, 0.1) is 5.69 Å². The Morgan fingerprint density at radius 3 is 2.57 bits per heavy atom. The van der Waals surface area contributed by atoms with Gasteiger partial charge in [0.15, 0.2) is 0 Å². The highest BCUT2D eigenvalue weighted by atomic mass is 16.2. The zero-order chi connectivity index (χ0) is 15.5. The number of amides is 1. The molecule has 1 aromatic rings. The molecule has 2 rings (SSSR count). The van der Waals surface area contributed by atoms with Crippen LogP contribution in [0, 0.1) is 0 Å². The molecule has 0 bridgehead atoms. The van der Waals surface area contributed by atoms with Crippen LogP contribution in [0.2, 0.25) is 0 Å². The van der Waals surface area contributed by atoms with Crippen molar-refractivity contribution in [1.82, 2.24) is 14.9 Å². The number of piperidine rings is 1. The highest BCUT2D eigenvalue weighted by Gasteiger charge is 2.22. The lowest BCUT2D eigenvalue weighted by Gasteiger charge is -2.32. The molecule has 1 N–H and O–H groups in total. The number of nitrogens with zero attached hydrogens (tertiary/aromatic N) is 3. The molecule has 1 saturated heterocycles. The Hall–Kier alpha value is -1.65. The van der Waals surface area contributed by atoms with Crippen molar-refractivity contribution in [2.75, 3.05) is 18.4 Å². The number of rotatable bonds is 3. The van der Waals surface area contributed by atoms with E-state index in [0.717, 1.165) is 37.4 Å². The van der Waals surface area contributed by atoms with Crippen molar-refractivity contribution in [1.29, 1.82) is 0 Å². The Balaban J connectivity index is 1.93. The first kappa shape index (κ1) is 15.7. The predicted octanol–water partition coefficient (Wildman–Crippen LogP) is 2.59. The third-order valence-corrected chi connectivity index (χ3v) is 3.94. The summed E-state index contributed by atoms with van der Waals surface area (Å²) in [4.78, 5) is 22.3. The normalized spacial score (nSPS) is 16.9. The Morgan fingerprint density at radius 2 is 2.00 bits per heavy atom. The molecular formula is C16H26N4O. The molecule has 0 spiro atoms. The van der Waals surface area contributed by atoms with Crippen molar-refractivity contribution >= 4 is 11.7 Å². The van der Waals surface area contributed by atoms with E-state index >= 15 is 0 Å². The maximum Gasteiger partial charge on any atom is 0.222 e. The summed E-state index contributed by atoms with van der Waals surface area (Å²) in [5.41, 5.74) is 1.06. The van der Waals surface area contributed by atoms with Crippen LogP contribution >= 0.6 is 0 Å². The van der Waals surface area contributed by atoms with E-state index in [1.807, 2.05) is 17.9 Å². The van der Waals surface area contributed by atoms with Gasteiger partial charge in [-0.05, 0) is 12.8 Å². The second kappa shape index (κ2) is 6.41. The largest absolute Gasteiger partial charge is 0.367 e. The van der Waals surface area contributed by atoms with E-state index in [-0.39, 0.29) is 11.3 Å². The van der Waals surface area contributed by atoms with E-state index in [9.17, 15) is 4.79 Å². The van der Waals surface area contributed by atoms with Crippen LogP contribution < -0.4 is 5.32 Å². The van der Waals surface area contributed by atoms with E-state index in [1.54, 1.807) is 6.33 Å². The number of likely N-dealkylation sites (tertiary alicyclic amines) is 1. The third-order valence-electron chi connectivity index (χ3n) is 3.94. The first-order valence-corrected chi connectivity index (χ1v) is 7.77. The lowest BCUT2D eigenvalue weighted by molar-refractivity contribution is -0.131. The van der Waals surface area contributed by atoms with Crippen LogP contribution in [0.25, 0.3) is 0 Å². The van der Waals surface area contributed by atoms with Crippen molar-refractivity contribution in [2.24, 2.45) is 0 Å². The molecule has 0 atom stereocenters. The van der Waals surface area contributed by atoms with Gasteiger partial charge in [0.2, 0.25) is 5.91 Å². The van der Waals surface area contributed by atoms with Gasteiger partial charge in [-0.25, -0.2) is 9.97 Å². The maximum atomic E-state index is 11.7. The number of carbonyl (C=O) groups excluding carboxylic acids is 1. The molecule has 21 heavy (non-hydrogen) atoms. The lowest BCUT2D eigenvalue weighted by Crippen LogP contribution is -2.42. The first-order valence-electron chi connectivity index (χ1n) is 7.77. The summed E-state index contributed by atoms with van der Waals surface area (Å²) in [6.07, 6.45) is 4.17. The number of nitrogens with one attached hydrogen (secondary N) is 1. The fraction of sp³-hybridized carbons (Fsp3) is 0.688. The van der Waals surface area contributed by atoms with Crippen LogP contribution in [0.3, 0.4) is 0 Å². The summed E-state index contributed by atoms with van der Waals surface area (Å²) in [6.45, 7) is 10.0. The molecule has 1 fully saturated rings. The van der Waals surface area contributed by atoms with E-state index < -0.39 is 0 Å². The molecule has 1 amide bonds. The Bertz CT molecular complexity index is 487. The van der Waals surface area contributed by atoms with Crippen LogP contribution in [0.1, 0.15) is 52.7 Å². The van der Waals surface area contributed by atoms with Gasteiger partial charge >= 0.3 is 0 Å². The fourth-order valence-electron chi connectivity index (χ4n) is 2.55. The van der Waals surface area contributed by atoms with Gasteiger partial charge < -0.3 is 10.2 Å².